The van der Waals surface area contributed by atoms with Crippen LogP contribution in [0.2, 0.25) is 0 Å². The van der Waals surface area contributed by atoms with Crippen LogP contribution in [0.1, 0.15) is 64.0 Å². The van der Waals surface area contributed by atoms with Crippen molar-refractivity contribution in [2.75, 3.05) is 24.5 Å². The molecule has 3 aromatic heterocycles. The summed E-state index contributed by atoms with van der Waals surface area (Å²) < 4.78 is 19.1. The number of aromatic carboxylic acids is 1. The Kier molecular flexibility index (Phi) is 7.06. The number of rotatable bonds is 8. The van der Waals surface area contributed by atoms with Crippen LogP contribution in [0.15, 0.2) is 61.1 Å². The number of benzene rings is 2. The second-order valence-corrected chi connectivity index (χ2v) is 13.1. The van der Waals surface area contributed by atoms with Gasteiger partial charge in [-0.1, -0.05) is 6.07 Å². The molecular weight excluding hydrogens is 595 g/mol. The number of pyridine rings is 1. The van der Waals surface area contributed by atoms with E-state index in [9.17, 15) is 19.6 Å². The van der Waals surface area contributed by atoms with Gasteiger partial charge in [0, 0.05) is 49.0 Å². The van der Waals surface area contributed by atoms with Crippen molar-refractivity contribution in [2.45, 2.75) is 57.8 Å². The number of carboxylic acid groups (broad SMARTS) is 1. The number of anilines is 1. The molecule has 1 aliphatic carbocycles. The van der Waals surface area contributed by atoms with Crippen molar-refractivity contribution in [1.29, 1.82) is 5.26 Å². The molecule has 11 heteroatoms. The van der Waals surface area contributed by atoms with Gasteiger partial charge < -0.3 is 19.1 Å². The van der Waals surface area contributed by atoms with Gasteiger partial charge in [0.15, 0.2) is 0 Å². The van der Waals surface area contributed by atoms with E-state index in [4.69, 9.17) is 9.97 Å². The zero-order valence-corrected chi connectivity index (χ0v) is 26.2. The third-order valence-electron chi connectivity index (χ3n) is 10.5. The summed E-state index contributed by atoms with van der Waals surface area (Å²) in [5.74, 6) is 1.00. The summed E-state index contributed by atoms with van der Waals surface area (Å²) in [6, 6.07) is 16.6. The van der Waals surface area contributed by atoms with E-state index in [1.807, 2.05) is 24.7 Å². The summed E-state index contributed by atoms with van der Waals surface area (Å²) >= 11 is 0. The van der Waals surface area contributed by atoms with Gasteiger partial charge in [-0.3, -0.25) is 4.90 Å². The first-order chi connectivity index (χ1) is 22.8. The highest BCUT2D eigenvalue weighted by Crippen LogP contribution is 2.59. The van der Waals surface area contributed by atoms with Gasteiger partial charge in [-0.05, 0) is 86.7 Å². The molecule has 8 rings (SSSR count). The highest BCUT2D eigenvalue weighted by Gasteiger charge is 2.58. The van der Waals surface area contributed by atoms with Crippen LogP contribution < -0.4 is 4.90 Å². The lowest BCUT2D eigenvalue weighted by atomic mass is 9.91. The number of fused-ring (bicyclic) bond motifs is 3. The molecule has 1 N–H and O–H groups in total. The molecule has 2 aromatic carbocycles. The number of piperidine rings is 1. The van der Waals surface area contributed by atoms with E-state index in [2.05, 4.69) is 49.0 Å². The lowest BCUT2D eigenvalue weighted by Gasteiger charge is -2.33. The van der Waals surface area contributed by atoms with E-state index in [-0.39, 0.29) is 16.8 Å². The molecule has 0 radical (unpaired) electrons. The number of carbonyl (C=O) groups is 1. The maximum absolute atomic E-state index is 14.9. The van der Waals surface area contributed by atoms with Crippen LogP contribution in [0.3, 0.4) is 0 Å². The van der Waals surface area contributed by atoms with Crippen molar-refractivity contribution in [1.82, 2.24) is 29.0 Å². The minimum absolute atomic E-state index is 0.0529. The summed E-state index contributed by atoms with van der Waals surface area (Å²) in [7, 11) is 0. The molecule has 1 saturated carbocycles. The van der Waals surface area contributed by atoms with Crippen molar-refractivity contribution in [2.24, 2.45) is 5.92 Å². The predicted octanol–water partition coefficient (Wildman–Crippen LogP) is 5.13. The quantitative estimate of drug-likeness (QED) is 0.251. The number of nitriles is 1. The maximum Gasteiger partial charge on any atom is 0.335 e. The largest absolute Gasteiger partial charge is 0.478 e. The van der Waals surface area contributed by atoms with Crippen LogP contribution >= 0.6 is 0 Å². The Morgan fingerprint density at radius 1 is 1.15 bits per heavy atom. The van der Waals surface area contributed by atoms with Gasteiger partial charge in [0.1, 0.15) is 17.5 Å². The Balaban J connectivity index is 1.01. The Morgan fingerprint density at radius 3 is 2.85 bits per heavy atom. The van der Waals surface area contributed by atoms with E-state index in [1.54, 1.807) is 18.2 Å². The van der Waals surface area contributed by atoms with Gasteiger partial charge in [-0.2, -0.15) is 5.26 Å². The summed E-state index contributed by atoms with van der Waals surface area (Å²) in [5.41, 5.74) is 6.00. The number of nitrogens with zero attached hydrogens (tertiary/aromatic N) is 8. The number of carboxylic acids is 1. The smallest absolute Gasteiger partial charge is 0.335 e. The molecule has 5 aromatic rings. The minimum atomic E-state index is -0.954. The van der Waals surface area contributed by atoms with Gasteiger partial charge in [0.05, 0.1) is 53.3 Å². The molecule has 10 nitrogen and oxygen atoms in total. The number of hydrogen-bond acceptors (Lipinski definition) is 7. The first-order valence-corrected chi connectivity index (χ1v) is 16.2. The third kappa shape index (κ3) is 5.13. The third-order valence-corrected chi connectivity index (χ3v) is 10.5. The van der Waals surface area contributed by atoms with Gasteiger partial charge in [-0.25, -0.2) is 24.1 Å². The van der Waals surface area contributed by atoms with Gasteiger partial charge in [0.25, 0.3) is 0 Å². The molecule has 0 bridgehead atoms. The highest BCUT2D eigenvalue weighted by atomic mass is 19.1. The normalized spacial score (nSPS) is 20.5. The standard InChI is InChI=1S/C36H35FN8O2/c1-2-43-22-39-17-27(43)19-45-31-14-25(35(46)47)6-7-30(31)40-34(45)21-42-11-9-36(15-26(36)18-42)32-4-3-5-33(41-32)44-10-8-24-12-23(16-38)13-29(37)28(24)20-44/h3-7,12-14,17,22,26H,2,8-11,15,18-21H2,1H3,(H,46,47)/t26-,36+/m0/s1. The fourth-order valence-electron chi connectivity index (χ4n) is 7.76. The molecule has 2 fully saturated rings. The van der Waals surface area contributed by atoms with Gasteiger partial charge >= 0.3 is 5.97 Å². The summed E-state index contributed by atoms with van der Waals surface area (Å²) in [4.78, 5) is 30.9. The van der Waals surface area contributed by atoms with Crippen molar-refractivity contribution in [3.63, 3.8) is 0 Å². The summed E-state index contributed by atoms with van der Waals surface area (Å²) in [5, 5.41) is 18.9. The molecule has 0 amide bonds. The SMILES string of the molecule is CCn1cncc1Cn1c(CN2CC[C@@]3(c4cccc(N5CCc6cc(C#N)cc(F)c6C5)n4)C[C@H]3C2)nc2ccc(C(=O)O)cc21. The van der Waals surface area contributed by atoms with Crippen LogP contribution in [0.25, 0.3) is 11.0 Å². The van der Waals surface area contributed by atoms with Crippen LogP contribution in [0, 0.1) is 23.1 Å². The average molecular weight is 631 g/mol. The van der Waals surface area contributed by atoms with Crippen LogP contribution in [0.4, 0.5) is 10.2 Å². The summed E-state index contributed by atoms with van der Waals surface area (Å²) in [6.45, 7) is 7.13. The molecular formula is C36H35FN8O2. The molecule has 0 unspecified atom stereocenters. The van der Waals surface area contributed by atoms with Gasteiger partial charge in [0.2, 0.25) is 0 Å². The Morgan fingerprint density at radius 2 is 2.04 bits per heavy atom. The Labute approximate surface area is 271 Å². The molecule has 2 atom stereocenters. The van der Waals surface area contributed by atoms with E-state index in [0.717, 1.165) is 78.6 Å². The molecule has 5 heterocycles. The van der Waals surface area contributed by atoms with Crippen LogP contribution in [-0.2, 0) is 38.0 Å². The maximum atomic E-state index is 14.9. The number of imidazole rings is 2. The van der Waals surface area contributed by atoms with Crippen molar-refractivity contribution >= 4 is 22.8 Å². The average Bonchev–Trinajstić information content (AvgIpc) is 3.49. The fraction of sp³-hybridized carbons (Fsp3) is 0.361. The molecule has 1 saturated heterocycles. The number of halogens is 1. The second kappa shape index (κ2) is 11.3. The second-order valence-electron chi connectivity index (χ2n) is 13.1. The Bertz CT molecular complexity index is 2080. The Hall–Kier alpha value is -5.08. The lowest BCUT2D eigenvalue weighted by Crippen LogP contribution is -2.37. The van der Waals surface area contributed by atoms with Crippen molar-refractivity contribution in [3.8, 4) is 6.07 Å². The summed E-state index contributed by atoms with van der Waals surface area (Å²) in [6.07, 6.45) is 6.45. The first kappa shape index (κ1) is 29.3. The minimum Gasteiger partial charge on any atom is -0.478 e. The molecule has 0 spiro atoms. The van der Waals surface area contributed by atoms with Crippen molar-refractivity contribution in [3.05, 3.63) is 106 Å². The van der Waals surface area contributed by atoms with Crippen LogP contribution in [-0.4, -0.2) is 59.7 Å². The van der Waals surface area contributed by atoms with Crippen molar-refractivity contribution < 1.29 is 14.3 Å². The van der Waals surface area contributed by atoms with E-state index >= 15 is 0 Å². The van der Waals surface area contributed by atoms with E-state index in [1.165, 1.54) is 6.07 Å². The number of hydrogen-bond donors (Lipinski definition) is 1. The fourth-order valence-corrected chi connectivity index (χ4v) is 7.76. The zero-order chi connectivity index (χ0) is 32.3. The van der Waals surface area contributed by atoms with Gasteiger partial charge in [-0.15, -0.1) is 0 Å². The van der Waals surface area contributed by atoms with Crippen LogP contribution in [0.5, 0.6) is 0 Å². The number of aromatic nitrogens is 5. The first-order valence-electron chi connectivity index (χ1n) is 16.2. The lowest BCUT2D eigenvalue weighted by molar-refractivity contribution is 0.0697. The molecule has 2 aliphatic heterocycles. The monoisotopic (exact) mass is 630 g/mol. The predicted molar refractivity (Wildman–Crippen MR) is 173 cm³/mol. The highest BCUT2D eigenvalue weighted by molar-refractivity contribution is 5.92. The van der Waals surface area contributed by atoms with E-state index < -0.39 is 5.97 Å². The number of aryl methyl sites for hydroxylation is 1. The zero-order valence-electron chi connectivity index (χ0n) is 26.2. The topological polar surface area (TPSA) is 116 Å². The van der Waals surface area contributed by atoms with E-state index in [0.29, 0.717) is 43.1 Å². The number of likely N-dealkylation sites (tertiary alicyclic amines) is 1. The molecule has 238 valence electrons. The molecule has 47 heavy (non-hydrogen) atoms. The molecule has 3 aliphatic rings.